The number of rotatable bonds is 4. The van der Waals surface area contributed by atoms with Crippen molar-refractivity contribution in [2.75, 3.05) is 5.32 Å². The zero-order valence-corrected chi connectivity index (χ0v) is 17.0. The van der Waals surface area contributed by atoms with Crippen LogP contribution < -0.4 is 5.32 Å². The molecule has 0 aliphatic rings. The van der Waals surface area contributed by atoms with Gasteiger partial charge in [-0.2, -0.15) is 5.26 Å². The topological polar surface area (TPSA) is 57.8 Å². The lowest BCUT2D eigenvalue weighted by atomic mass is 10.1. The fourth-order valence-electron chi connectivity index (χ4n) is 3.30. The van der Waals surface area contributed by atoms with Gasteiger partial charge in [-0.1, -0.05) is 48.0 Å². The van der Waals surface area contributed by atoms with E-state index in [4.69, 9.17) is 11.6 Å². The van der Waals surface area contributed by atoms with Crippen LogP contribution in [0.5, 0.6) is 0 Å². The Hall–Kier alpha value is -3.81. The van der Waals surface area contributed by atoms with Crippen molar-refractivity contribution in [1.82, 2.24) is 4.57 Å². The van der Waals surface area contributed by atoms with Gasteiger partial charge in [0, 0.05) is 28.3 Å². The highest BCUT2D eigenvalue weighted by Crippen LogP contribution is 2.24. The molecule has 4 aromatic rings. The van der Waals surface area contributed by atoms with E-state index in [1.54, 1.807) is 24.3 Å². The predicted octanol–water partition coefficient (Wildman–Crippen LogP) is 6.14. The maximum Gasteiger partial charge on any atom is 0.266 e. The van der Waals surface area contributed by atoms with Crippen LogP contribution in [0.4, 0.5) is 5.69 Å². The zero-order chi connectivity index (χ0) is 21.1. The Morgan fingerprint density at radius 1 is 1.03 bits per heavy atom. The van der Waals surface area contributed by atoms with Crippen LogP contribution in [-0.2, 0) is 4.79 Å². The molecule has 1 aromatic heterocycles. The summed E-state index contributed by atoms with van der Waals surface area (Å²) < 4.78 is 1.95. The van der Waals surface area contributed by atoms with Gasteiger partial charge >= 0.3 is 0 Å². The van der Waals surface area contributed by atoms with Crippen LogP contribution in [0.3, 0.4) is 0 Å². The number of aromatic nitrogens is 1. The third kappa shape index (κ3) is 3.84. The molecule has 3 aromatic carbocycles. The predicted molar refractivity (Wildman–Crippen MR) is 122 cm³/mol. The zero-order valence-electron chi connectivity index (χ0n) is 16.3. The van der Waals surface area contributed by atoms with Gasteiger partial charge in [-0.25, -0.2) is 0 Å². The van der Waals surface area contributed by atoms with Crippen LogP contribution in [0, 0.1) is 18.3 Å². The van der Waals surface area contributed by atoms with Gasteiger partial charge in [0.25, 0.3) is 5.91 Å². The van der Waals surface area contributed by atoms with Gasteiger partial charge in [-0.15, -0.1) is 0 Å². The molecule has 4 rings (SSSR count). The largest absolute Gasteiger partial charge is 0.321 e. The van der Waals surface area contributed by atoms with Gasteiger partial charge in [0.15, 0.2) is 0 Å². The Balaban J connectivity index is 1.67. The van der Waals surface area contributed by atoms with E-state index >= 15 is 0 Å². The van der Waals surface area contributed by atoms with Crippen molar-refractivity contribution >= 4 is 40.0 Å². The Kier molecular flexibility index (Phi) is 5.38. The maximum absolute atomic E-state index is 12.7. The van der Waals surface area contributed by atoms with Crippen LogP contribution in [-0.4, -0.2) is 10.5 Å². The molecule has 5 heteroatoms. The van der Waals surface area contributed by atoms with Crippen LogP contribution in [0.1, 0.15) is 11.3 Å². The Morgan fingerprint density at radius 3 is 2.63 bits per heavy atom. The molecule has 0 bridgehead atoms. The lowest BCUT2D eigenvalue weighted by Crippen LogP contribution is -2.14. The minimum Gasteiger partial charge on any atom is -0.321 e. The molecule has 1 heterocycles. The van der Waals surface area contributed by atoms with Gasteiger partial charge in [-0.3, -0.25) is 4.79 Å². The van der Waals surface area contributed by atoms with Gasteiger partial charge in [0.2, 0.25) is 0 Å². The molecule has 0 atom stereocenters. The number of carbonyl (C=O) groups excluding carboxylic acids is 1. The van der Waals surface area contributed by atoms with Crippen molar-refractivity contribution in [3.05, 3.63) is 101 Å². The second-order valence-corrected chi connectivity index (χ2v) is 7.28. The summed E-state index contributed by atoms with van der Waals surface area (Å²) in [5.41, 5.74) is 3.03. The molecule has 0 radical (unpaired) electrons. The summed E-state index contributed by atoms with van der Waals surface area (Å²) in [6.07, 6.45) is 3.49. The number of benzene rings is 3. The van der Waals surface area contributed by atoms with Crippen LogP contribution >= 0.6 is 11.6 Å². The molecule has 30 heavy (non-hydrogen) atoms. The number of fused-ring (bicyclic) bond motifs is 1. The summed E-state index contributed by atoms with van der Waals surface area (Å²) in [6, 6.07) is 25.3. The maximum atomic E-state index is 12.7. The minimum absolute atomic E-state index is 0.00937. The first-order valence-corrected chi connectivity index (χ1v) is 9.79. The Morgan fingerprint density at radius 2 is 1.83 bits per heavy atom. The number of nitrogens with zero attached hydrogens (tertiary/aromatic N) is 2. The third-order valence-electron chi connectivity index (χ3n) is 4.96. The number of anilines is 1. The molecule has 1 N–H and O–H groups in total. The second kappa shape index (κ2) is 8.28. The molecule has 0 spiro atoms. The molecular weight excluding hydrogens is 394 g/mol. The van der Waals surface area contributed by atoms with Crippen molar-refractivity contribution in [3.8, 4) is 11.8 Å². The number of carbonyl (C=O) groups is 1. The van der Waals surface area contributed by atoms with Crippen molar-refractivity contribution in [3.63, 3.8) is 0 Å². The lowest BCUT2D eigenvalue weighted by Gasteiger charge is -2.10. The van der Waals surface area contributed by atoms with E-state index in [-0.39, 0.29) is 5.57 Å². The first kappa shape index (κ1) is 19.5. The molecule has 0 aliphatic heterocycles. The number of nitrogens with one attached hydrogen (secondary N) is 1. The van der Waals surface area contributed by atoms with E-state index in [0.29, 0.717) is 10.7 Å². The molecule has 1 amide bonds. The average molecular weight is 412 g/mol. The van der Waals surface area contributed by atoms with Crippen molar-refractivity contribution < 1.29 is 4.79 Å². The fraction of sp³-hybridized carbons (Fsp3) is 0.0400. The van der Waals surface area contributed by atoms with E-state index < -0.39 is 5.91 Å². The summed E-state index contributed by atoms with van der Waals surface area (Å²) in [5, 5.41) is 15.2. The van der Waals surface area contributed by atoms with E-state index in [2.05, 4.69) is 29.6 Å². The molecular formula is C25H18ClN3O. The summed E-state index contributed by atoms with van der Waals surface area (Å²) >= 11 is 6.12. The monoisotopic (exact) mass is 411 g/mol. The smallest absolute Gasteiger partial charge is 0.266 e. The quantitative estimate of drug-likeness (QED) is 0.324. The first-order chi connectivity index (χ1) is 14.6. The van der Waals surface area contributed by atoms with Crippen LogP contribution in [0.2, 0.25) is 5.02 Å². The SMILES string of the molecule is Cc1c(Cl)cccc1NC(=O)/C(C#N)=C\c1cccn1-c1ccc2ccccc2c1. The van der Waals surface area contributed by atoms with Crippen LogP contribution in [0.25, 0.3) is 22.5 Å². The van der Waals surface area contributed by atoms with E-state index in [1.165, 1.54) is 0 Å². The van der Waals surface area contributed by atoms with Gasteiger partial charge in [0.05, 0.1) is 0 Å². The lowest BCUT2D eigenvalue weighted by molar-refractivity contribution is -0.112. The van der Waals surface area contributed by atoms with E-state index in [9.17, 15) is 10.1 Å². The normalized spacial score (nSPS) is 11.3. The summed E-state index contributed by atoms with van der Waals surface area (Å²) in [5.74, 6) is -0.478. The van der Waals surface area contributed by atoms with Gasteiger partial charge in [-0.05, 0) is 65.7 Å². The standard InChI is InChI=1S/C25H18ClN3O/c1-17-23(26)9-4-10-24(17)28-25(30)20(16-27)15-21-8-5-13-29(21)22-12-11-18-6-2-3-7-19(18)14-22/h2-15H,1H3,(H,28,30)/b20-15-. The van der Waals surface area contributed by atoms with Crippen LogP contribution in [0.15, 0.2) is 84.6 Å². The molecule has 0 saturated carbocycles. The Bertz CT molecular complexity index is 1330. The third-order valence-corrected chi connectivity index (χ3v) is 5.37. The first-order valence-electron chi connectivity index (χ1n) is 9.41. The summed E-state index contributed by atoms with van der Waals surface area (Å²) in [4.78, 5) is 12.7. The number of hydrogen-bond acceptors (Lipinski definition) is 2. The fourth-order valence-corrected chi connectivity index (χ4v) is 3.48. The molecule has 0 unspecified atom stereocenters. The highest BCUT2D eigenvalue weighted by Gasteiger charge is 2.13. The minimum atomic E-state index is -0.478. The number of hydrogen-bond donors (Lipinski definition) is 1. The highest BCUT2D eigenvalue weighted by molar-refractivity contribution is 6.31. The van der Waals surface area contributed by atoms with Crippen molar-refractivity contribution in [2.24, 2.45) is 0 Å². The summed E-state index contributed by atoms with van der Waals surface area (Å²) in [6.45, 7) is 1.82. The van der Waals surface area contributed by atoms with Gasteiger partial charge in [0.1, 0.15) is 11.6 Å². The number of amides is 1. The van der Waals surface area contributed by atoms with Crippen molar-refractivity contribution in [2.45, 2.75) is 6.92 Å². The second-order valence-electron chi connectivity index (χ2n) is 6.87. The highest BCUT2D eigenvalue weighted by atomic mass is 35.5. The Labute approximate surface area is 179 Å². The van der Waals surface area contributed by atoms with Crippen molar-refractivity contribution in [1.29, 1.82) is 5.26 Å². The van der Waals surface area contributed by atoms with E-state index in [0.717, 1.165) is 27.7 Å². The molecule has 0 saturated heterocycles. The molecule has 0 aliphatic carbocycles. The van der Waals surface area contributed by atoms with Gasteiger partial charge < -0.3 is 9.88 Å². The average Bonchev–Trinajstić information content (AvgIpc) is 3.23. The molecule has 4 nitrogen and oxygen atoms in total. The summed E-state index contributed by atoms with van der Waals surface area (Å²) in [7, 11) is 0. The van der Waals surface area contributed by atoms with E-state index in [1.807, 2.05) is 54.1 Å². The molecule has 146 valence electrons. The number of nitriles is 1. The molecule has 0 fully saturated rings. The number of halogens is 1.